The highest BCUT2D eigenvalue weighted by Gasteiger charge is 2.18. The van der Waals surface area contributed by atoms with Crippen LogP contribution in [0.5, 0.6) is 0 Å². The fraction of sp³-hybridized carbons (Fsp3) is 0.533. The van der Waals surface area contributed by atoms with E-state index in [1.54, 1.807) is 0 Å². The maximum absolute atomic E-state index is 12.1. The first-order valence-electron chi connectivity index (χ1n) is 6.83. The molecule has 1 unspecified atom stereocenters. The number of thiol groups is 1. The van der Waals surface area contributed by atoms with Crippen LogP contribution in [0.2, 0.25) is 0 Å². The highest BCUT2D eigenvalue weighted by molar-refractivity contribution is 7.80. The Balaban J connectivity index is 1.92. The first-order chi connectivity index (χ1) is 9.06. The van der Waals surface area contributed by atoms with Crippen molar-refractivity contribution in [1.29, 1.82) is 0 Å². The molecular formula is C15H22N2OS. The van der Waals surface area contributed by atoms with Crippen molar-refractivity contribution in [3.8, 4) is 0 Å². The summed E-state index contributed by atoms with van der Waals surface area (Å²) in [5, 5.41) is 3.32. The van der Waals surface area contributed by atoms with Crippen LogP contribution >= 0.6 is 12.6 Å². The molecule has 0 bridgehead atoms. The molecule has 1 heterocycles. The highest BCUT2D eigenvalue weighted by Crippen LogP contribution is 2.19. The zero-order valence-corrected chi connectivity index (χ0v) is 12.5. The average Bonchev–Trinajstić information content (AvgIpc) is 2.41. The molecule has 1 N–H and O–H groups in total. The van der Waals surface area contributed by atoms with E-state index >= 15 is 0 Å². The first kappa shape index (κ1) is 14.4. The third-order valence-corrected chi connectivity index (χ3v) is 4.01. The van der Waals surface area contributed by atoms with E-state index in [4.69, 9.17) is 0 Å². The SMILES string of the molecule is CC(S)c1ccc(C(=O)NC2CCN(C)CC2)cc1. The monoisotopic (exact) mass is 278 g/mol. The van der Waals surface area contributed by atoms with E-state index in [9.17, 15) is 4.79 Å². The van der Waals surface area contributed by atoms with Crippen LogP contribution in [-0.2, 0) is 0 Å². The first-order valence-corrected chi connectivity index (χ1v) is 7.35. The summed E-state index contributed by atoms with van der Waals surface area (Å²) in [4.78, 5) is 14.4. The van der Waals surface area contributed by atoms with Gasteiger partial charge in [0.1, 0.15) is 0 Å². The van der Waals surface area contributed by atoms with Crippen LogP contribution < -0.4 is 5.32 Å². The Bertz CT molecular complexity index is 422. The predicted octanol–water partition coefficient (Wildman–Crippen LogP) is 2.50. The highest BCUT2D eigenvalue weighted by atomic mass is 32.1. The van der Waals surface area contributed by atoms with E-state index in [1.165, 1.54) is 0 Å². The minimum Gasteiger partial charge on any atom is -0.349 e. The van der Waals surface area contributed by atoms with E-state index in [0.29, 0.717) is 6.04 Å². The van der Waals surface area contributed by atoms with Gasteiger partial charge in [-0.25, -0.2) is 0 Å². The zero-order chi connectivity index (χ0) is 13.8. The molecule has 1 aromatic carbocycles. The van der Waals surface area contributed by atoms with E-state index in [-0.39, 0.29) is 11.2 Å². The van der Waals surface area contributed by atoms with Crippen molar-refractivity contribution in [3.63, 3.8) is 0 Å². The van der Waals surface area contributed by atoms with Crippen molar-refractivity contribution >= 4 is 18.5 Å². The van der Waals surface area contributed by atoms with Crippen LogP contribution in [0.15, 0.2) is 24.3 Å². The Morgan fingerprint density at radius 2 is 1.89 bits per heavy atom. The summed E-state index contributed by atoms with van der Waals surface area (Å²) < 4.78 is 0. The summed E-state index contributed by atoms with van der Waals surface area (Å²) in [5.41, 5.74) is 1.87. The zero-order valence-electron chi connectivity index (χ0n) is 11.6. The van der Waals surface area contributed by atoms with Gasteiger partial charge >= 0.3 is 0 Å². The smallest absolute Gasteiger partial charge is 0.251 e. The van der Waals surface area contributed by atoms with Crippen molar-refractivity contribution in [2.24, 2.45) is 0 Å². The van der Waals surface area contributed by atoms with Crippen LogP contribution in [0.4, 0.5) is 0 Å². The topological polar surface area (TPSA) is 32.3 Å². The molecule has 1 aromatic rings. The Hall–Kier alpha value is -1.00. The normalized spacial score (nSPS) is 19.1. The second kappa shape index (κ2) is 6.44. The van der Waals surface area contributed by atoms with E-state index < -0.39 is 0 Å². The van der Waals surface area contributed by atoms with Crippen molar-refractivity contribution in [2.45, 2.75) is 31.1 Å². The van der Waals surface area contributed by atoms with Crippen molar-refractivity contribution in [2.75, 3.05) is 20.1 Å². The molecule has 0 saturated carbocycles. The maximum Gasteiger partial charge on any atom is 0.251 e. The van der Waals surface area contributed by atoms with Gasteiger partial charge < -0.3 is 10.2 Å². The second-order valence-corrected chi connectivity index (χ2v) is 6.12. The number of rotatable bonds is 3. The van der Waals surface area contributed by atoms with E-state index in [2.05, 4.69) is 29.9 Å². The third kappa shape index (κ3) is 3.98. The number of carbonyl (C=O) groups excluding carboxylic acids is 1. The lowest BCUT2D eigenvalue weighted by molar-refractivity contribution is 0.0917. The molecule has 0 aromatic heterocycles. The number of piperidine rings is 1. The average molecular weight is 278 g/mol. The summed E-state index contributed by atoms with van der Waals surface area (Å²) >= 11 is 4.38. The molecule has 4 heteroatoms. The Morgan fingerprint density at radius 1 is 1.32 bits per heavy atom. The van der Waals surface area contributed by atoms with Crippen LogP contribution in [-0.4, -0.2) is 37.0 Å². The summed E-state index contributed by atoms with van der Waals surface area (Å²) in [6.07, 6.45) is 2.07. The molecular weight excluding hydrogens is 256 g/mol. The Labute approximate surface area is 120 Å². The van der Waals surface area contributed by atoms with E-state index in [0.717, 1.165) is 37.1 Å². The molecule has 1 atom stereocenters. The molecule has 1 aliphatic rings. The number of hydrogen-bond donors (Lipinski definition) is 2. The molecule has 104 valence electrons. The minimum atomic E-state index is 0.0351. The van der Waals surface area contributed by atoms with Gasteiger partial charge in [-0.05, 0) is 57.6 Å². The number of amides is 1. The lowest BCUT2D eigenvalue weighted by Crippen LogP contribution is -2.43. The van der Waals surface area contributed by atoms with Gasteiger partial charge in [-0.1, -0.05) is 12.1 Å². The third-order valence-electron chi connectivity index (χ3n) is 3.71. The van der Waals surface area contributed by atoms with Gasteiger partial charge in [0.15, 0.2) is 0 Å². The Kier molecular flexibility index (Phi) is 4.88. The molecule has 19 heavy (non-hydrogen) atoms. The maximum atomic E-state index is 12.1. The molecule has 3 nitrogen and oxygen atoms in total. The largest absolute Gasteiger partial charge is 0.349 e. The number of likely N-dealkylation sites (tertiary alicyclic amines) is 1. The number of nitrogens with zero attached hydrogens (tertiary/aromatic N) is 1. The van der Waals surface area contributed by atoms with Gasteiger partial charge in [-0.15, -0.1) is 0 Å². The minimum absolute atomic E-state index is 0.0351. The molecule has 1 fully saturated rings. The number of nitrogens with one attached hydrogen (secondary N) is 1. The summed E-state index contributed by atoms with van der Waals surface area (Å²) in [7, 11) is 2.12. The van der Waals surface area contributed by atoms with Crippen LogP contribution in [0.3, 0.4) is 0 Å². The number of hydrogen-bond acceptors (Lipinski definition) is 3. The summed E-state index contributed by atoms with van der Waals surface area (Å²) in [6, 6.07) is 8.02. The number of benzene rings is 1. The van der Waals surface area contributed by atoms with Gasteiger partial charge in [-0.3, -0.25) is 4.79 Å². The van der Waals surface area contributed by atoms with E-state index in [1.807, 2.05) is 31.2 Å². The fourth-order valence-corrected chi connectivity index (χ4v) is 2.51. The molecule has 0 radical (unpaired) electrons. The molecule has 0 spiro atoms. The predicted molar refractivity (Wildman–Crippen MR) is 81.8 cm³/mol. The lowest BCUT2D eigenvalue weighted by atomic mass is 10.0. The van der Waals surface area contributed by atoms with Crippen molar-refractivity contribution < 1.29 is 4.79 Å². The van der Waals surface area contributed by atoms with Gasteiger partial charge in [0.25, 0.3) is 5.91 Å². The summed E-state index contributed by atoms with van der Waals surface area (Å²) in [5.74, 6) is 0.0351. The fourth-order valence-electron chi connectivity index (χ4n) is 2.33. The van der Waals surface area contributed by atoms with Crippen molar-refractivity contribution in [3.05, 3.63) is 35.4 Å². The van der Waals surface area contributed by atoms with Crippen LogP contribution in [0.25, 0.3) is 0 Å². The lowest BCUT2D eigenvalue weighted by Gasteiger charge is -2.29. The quantitative estimate of drug-likeness (QED) is 0.833. The van der Waals surface area contributed by atoms with Crippen LogP contribution in [0.1, 0.15) is 40.9 Å². The Morgan fingerprint density at radius 3 is 2.42 bits per heavy atom. The molecule has 1 saturated heterocycles. The molecule has 0 aliphatic carbocycles. The van der Waals surface area contributed by atoms with Crippen molar-refractivity contribution in [1.82, 2.24) is 10.2 Å². The molecule has 1 aliphatic heterocycles. The van der Waals surface area contributed by atoms with Gasteiger partial charge in [-0.2, -0.15) is 12.6 Å². The summed E-state index contributed by atoms with van der Waals surface area (Å²) in [6.45, 7) is 4.14. The van der Waals surface area contributed by atoms with Gasteiger partial charge in [0.05, 0.1) is 0 Å². The van der Waals surface area contributed by atoms with Crippen LogP contribution in [0, 0.1) is 0 Å². The number of carbonyl (C=O) groups is 1. The molecule has 2 rings (SSSR count). The second-order valence-electron chi connectivity index (χ2n) is 5.35. The standard InChI is InChI=1S/C15H22N2OS/c1-11(19)12-3-5-13(6-4-12)15(18)16-14-7-9-17(2)10-8-14/h3-6,11,14,19H,7-10H2,1-2H3,(H,16,18). The van der Waals surface area contributed by atoms with Gasteiger partial charge in [0.2, 0.25) is 0 Å². The molecule has 1 amide bonds. The van der Waals surface area contributed by atoms with Gasteiger partial charge in [0, 0.05) is 16.9 Å².